The zero-order valence-electron chi connectivity index (χ0n) is 18.1. The molecule has 0 fully saturated rings. The number of hydrogen-bond donors (Lipinski definition) is 1. The number of benzene rings is 3. The summed E-state index contributed by atoms with van der Waals surface area (Å²) in [4.78, 5) is 16.8. The molecule has 0 aliphatic carbocycles. The monoisotopic (exact) mass is 462 g/mol. The fourth-order valence-electron chi connectivity index (χ4n) is 3.20. The van der Waals surface area contributed by atoms with Crippen LogP contribution >= 0.6 is 11.3 Å². The molecular formula is C26H23FN2O3S. The van der Waals surface area contributed by atoms with Crippen molar-refractivity contribution < 1.29 is 18.7 Å². The number of amides is 1. The third kappa shape index (κ3) is 5.96. The molecule has 1 aromatic heterocycles. The van der Waals surface area contributed by atoms with Gasteiger partial charge in [-0.25, -0.2) is 9.37 Å². The molecule has 3 aromatic carbocycles. The molecule has 0 saturated carbocycles. The van der Waals surface area contributed by atoms with Crippen molar-refractivity contribution >= 4 is 17.2 Å². The van der Waals surface area contributed by atoms with E-state index in [-0.39, 0.29) is 11.6 Å². The van der Waals surface area contributed by atoms with Gasteiger partial charge in [0.15, 0.2) is 0 Å². The lowest BCUT2D eigenvalue weighted by Gasteiger charge is -2.08. The summed E-state index contributed by atoms with van der Waals surface area (Å²) in [6, 6.07) is 22.0. The van der Waals surface area contributed by atoms with Crippen LogP contribution in [0.3, 0.4) is 0 Å². The van der Waals surface area contributed by atoms with Crippen molar-refractivity contribution in [3.05, 3.63) is 101 Å². The Balaban J connectivity index is 1.33. The zero-order valence-corrected chi connectivity index (χ0v) is 18.9. The van der Waals surface area contributed by atoms with Gasteiger partial charge in [0.25, 0.3) is 5.91 Å². The van der Waals surface area contributed by atoms with E-state index in [4.69, 9.17) is 9.47 Å². The Bertz CT molecular complexity index is 1210. The van der Waals surface area contributed by atoms with Crippen molar-refractivity contribution in [1.29, 1.82) is 0 Å². The molecule has 4 rings (SSSR count). The van der Waals surface area contributed by atoms with Crippen LogP contribution in [0.25, 0.3) is 10.6 Å². The molecule has 0 unspecified atom stereocenters. The van der Waals surface area contributed by atoms with Crippen LogP contribution in [0.5, 0.6) is 11.5 Å². The summed E-state index contributed by atoms with van der Waals surface area (Å²) < 4.78 is 25.5. The van der Waals surface area contributed by atoms with E-state index in [1.807, 2.05) is 54.6 Å². The molecule has 33 heavy (non-hydrogen) atoms. The number of nitrogens with zero attached hydrogens (tertiary/aromatic N) is 1. The summed E-state index contributed by atoms with van der Waals surface area (Å²) in [6.45, 7) is 0.831. The maximum absolute atomic E-state index is 14.7. The predicted molar refractivity (Wildman–Crippen MR) is 127 cm³/mol. The number of halogens is 1. The molecule has 0 aliphatic heterocycles. The van der Waals surface area contributed by atoms with Gasteiger partial charge in [0.05, 0.1) is 7.11 Å². The summed E-state index contributed by atoms with van der Waals surface area (Å²) in [5.74, 6) is 0.504. The summed E-state index contributed by atoms with van der Waals surface area (Å²) in [5, 5.41) is 4.94. The van der Waals surface area contributed by atoms with Gasteiger partial charge in [0.1, 0.15) is 34.6 Å². The van der Waals surface area contributed by atoms with E-state index in [9.17, 15) is 9.18 Å². The molecule has 0 radical (unpaired) electrons. The van der Waals surface area contributed by atoms with Gasteiger partial charge in [-0.3, -0.25) is 4.79 Å². The summed E-state index contributed by atoms with van der Waals surface area (Å²) in [5.41, 5.74) is 2.70. The van der Waals surface area contributed by atoms with Crippen LogP contribution in [-0.2, 0) is 13.0 Å². The fourth-order valence-corrected chi connectivity index (χ4v) is 4.03. The quantitative estimate of drug-likeness (QED) is 0.356. The van der Waals surface area contributed by atoms with Gasteiger partial charge in [0, 0.05) is 23.6 Å². The number of rotatable bonds is 9. The molecule has 1 N–H and O–H groups in total. The summed E-state index contributed by atoms with van der Waals surface area (Å²) >= 11 is 1.23. The van der Waals surface area contributed by atoms with Crippen molar-refractivity contribution in [3.63, 3.8) is 0 Å². The third-order valence-corrected chi connectivity index (χ3v) is 5.89. The Morgan fingerprint density at radius 1 is 1.00 bits per heavy atom. The van der Waals surface area contributed by atoms with E-state index >= 15 is 0 Å². The molecule has 0 saturated heterocycles. The first-order chi connectivity index (χ1) is 16.1. The number of ether oxygens (including phenoxy) is 2. The largest absolute Gasteiger partial charge is 0.497 e. The van der Waals surface area contributed by atoms with Crippen LogP contribution in [0.2, 0.25) is 0 Å². The number of carbonyl (C=O) groups is 1. The zero-order chi connectivity index (χ0) is 23.0. The normalized spacial score (nSPS) is 10.6. The number of aromatic nitrogens is 1. The van der Waals surface area contributed by atoms with Gasteiger partial charge in [0.2, 0.25) is 0 Å². The van der Waals surface area contributed by atoms with Crippen molar-refractivity contribution in [1.82, 2.24) is 10.3 Å². The van der Waals surface area contributed by atoms with Gasteiger partial charge >= 0.3 is 0 Å². The molecule has 0 bridgehead atoms. The second-order valence-corrected chi connectivity index (χ2v) is 8.17. The van der Waals surface area contributed by atoms with E-state index in [1.165, 1.54) is 17.4 Å². The molecule has 0 aliphatic rings. The molecule has 1 heterocycles. The first kappa shape index (κ1) is 22.5. The Kier molecular flexibility index (Phi) is 7.32. The number of carbonyl (C=O) groups excluding carboxylic acids is 1. The number of thiazole rings is 1. The Labute approximate surface area is 195 Å². The highest BCUT2D eigenvalue weighted by Gasteiger charge is 2.15. The minimum Gasteiger partial charge on any atom is -0.497 e. The van der Waals surface area contributed by atoms with Crippen LogP contribution in [0.15, 0.2) is 78.2 Å². The minimum absolute atomic E-state index is 0.272. The lowest BCUT2D eigenvalue weighted by Crippen LogP contribution is -2.25. The molecule has 1 amide bonds. The molecule has 0 spiro atoms. The van der Waals surface area contributed by atoms with Crippen LogP contribution in [0, 0.1) is 5.82 Å². The average Bonchev–Trinajstić information content (AvgIpc) is 3.34. The van der Waals surface area contributed by atoms with Crippen molar-refractivity contribution in [2.75, 3.05) is 13.7 Å². The lowest BCUT2D eigenvalue weighted by atomic mass is 10.1. The van der Waals surface area contributed by atoms with Gasteiger partial charge in [-0.2, -0.15) is 0 Å². The summed E-state index contributed by atoms with van der Waals surface area (Å²) in [7, 11) is 1.62. The third-order valence-electron chi connectivity index (χ3n) is 5.01. The fraction of sp³-hybridized carbons (Fsp3) is 0.154. The van der Waals surface area contributed by atoms with Crippen LogP contribution in [0.4, 0.5) is 4.39 Å². The first-order valence-electron chi connectivity index (χ1n) is 10.5. The second-order valence-electron chi connectivity index (χ2n) is 7.31. The van der Waals surface area contributed by atoms with Crippen LogP contribution in [-0.4, -0.2) is 24.5 Å². The van der Waals surface area contributed by atoms with Gasteiger partial charge in [-0.05, 0) is 41.8 Å². The highest BCUT2D eigenvalue weighted by molar-refractivity contribution is 7.13. The SMILES string of the molecule is COc1ccc(CCNC(=O)c2csc(-c3ccc(OCc4ccccc4)cc3F)n2)cc1. The van der Waals surface area contributed by atoms with E-state index in [0.29, 0.717) is 35.9 Å². The molecule has 4 aromatic rings. The Morgan fingerprint density at radius 2 is 1.76 bits per heavy atom. The second kappa shape index (κ2) is 10.7. The lowest BCUT2D eigenvalue weighted by molar-refractivity contribution is 0.0950. The van der Waals surface area contributed by atoms with Crippen molar-refractivity contribution in [2.45, 2.75) is 13.0 Å². The van der Waals surface area contributed by atoms with E-state index in [1.54, 1.807) is 24.6 Å². The average molecular weight is 463 g/mol. The smallest absolute Gasteiger partial charge is 0.270 e. The molecule has 0 atom stereocenters. The van der Waals surface area contributed by atoms with Gasteiger partial charge < -0.3 is 14.8 Å². The standard InChI is InChI=1S/C26H23FN2O3S/c1-31-20-9-7-18(8-10-20)13-14-28-25(30)24-17-33-26(29-24)22-12-11-21(15-23(22)27)32-16-19-5-3-2-4-6-19/h2-12,15,17H,13-14,16H2,1H3,(H,28,30). The minimum atomic E-state index is -0.443. The van der Waals surface area contributed by atoms with E-state index in [2.05, 4.69) is 10.3 Å². The maximum Gasteiger partial charge on any atom is 0.270 e. The highest BCUT2D eigenvalue weighted by Crippen LogP contribution is 2.29. The molecular weight excluding hydrogens is 439 g/mol. The highest BCUT2D eigenvalue weighted by atomic mass is 32.1. The van der Waals surface area contributed by atoms with Crippen LogP contribution in [0.1, 0.15) is 21.6 Å². The van der Waals surface area contributed by atoms with Crippen molar-refractivity contribution in [2.24, 2.45) is 0 Å². The topological polar surface area (TPSA) is 60.5 Å². The molecule has 5 nitrogen and oxygen atoms in total. The van der Waals surface area contributed by atoms with Gasteiger partial charge in [-0.1, -0.05) is 42.5 Å². The Hall–Kier alpha value is -3.71. The first-order valence-corrected chi connectivity index (χ1v) is 11.3. The number of methoxy groups -OCH3 is 1. The number of hydrogen-bond acceptors (Lipinski definition) is 5. The van der Waals surface area contributed by atoms with Gasteiger partial charge in [-0.15, -0.1) is 11.3 Å². The maximum atomic E-state index is 14.7. The summed E-state index contributed by atoms with van der Waals surface area (Å²) in [6.07, 6.45) is 0.686. The molecule has 168 valence electrons. The van der Waals surface area contributed by atoms with E-state index < -0.39 is 5.82 Å². The predicted octanol–water partition coefficient (Wildman–Crippen LogP) is 5.51. The number of nitrogens with one attached hydrogen (secondary N) is 1. The van der Waals surface area contributed by atoms with Crippen LogP contribution < -0.4 is 14.8 Å². The molecule has 7 heteroatoms. The van der Waals surface area contributed by atoms with E-state index in [0.717, 1.165) is 16.9 Å². The Morgan fingerprint density at radius 3 is 2.48 bits per heavy atom. The van der Waals surface area contributed by atoms with Crippen molar-refractivity contribution in [3.8, 4) is 22.1 Å².